The Hall–Kier alpha value is -3.71. The second kappa shape index (κ2) is 8.91. The molecule has 1 aliphatic rings. The van der Waals surface area contributed by atoms with Crippen LogP contribution in [0.15, 0.2) is 60.9 Å². The predicted octanol–water partition coefficient (Wildman–Crippen LogP) is 4.86. The fraction of sp³-hybridized carbons (Fsp3) is 0.296. The van der Waals surface area contributed by atoms with E-state index in [1.807, 2.05) is 42.7 Å². The van der Waals surface area contributed by atoms with Crippen molar-refractivity contribution >= 4 is 22.8 Å². The molecular weight excluding hydrogens is 426 g/mol. The van der Waals surface area contributed by atoms with Gasteiger partial charge in [-0.05, 0) is 86.3 Å². The van der Waals surface area contributed by atoms with Crippen LogP contribution in [0.2, 0.25) is 0 Å². The highest BCUT2D eigenvalue weighted by Gasteiger charge is 2.27. The highest BCUT2D eigenvalue weighted by molar-refractivity contribution is 5.94. The number of benzene rings is 1. The summed E-state index contributed by atoms with van der Waals surface area (Å²) in [6.45, 7) is 4.26. The van der Waals surface area contributed by atoms with Crippen molar-refractivity contribution < 1.29 is 9.90 Å². The van der Waals surface area contributed by atoms with Gasteiger partial charge in [-0.1, -0.05) is 12.1 Å². The van der Waals surface area contributed by atoms with Gasteiger partial charge in [0.1, 0.15) is 11.5 Å². The van der Waals surface area contributed by atoms with Gasteiger partial charge in [0.2, 0.25) is 0 Å². The number of aryl methyl sites for hydroxylation is 1. The molecule has 4 heterocycles. The third kappa shape index (κ3) is 4.03. The molecule has 0 saturated carbocycles. The minimum Gasteiger partial charge on any atom is -0.478 e. The van der Waals surface area contributed by atoms with Crippen molar-refractivity contribution in [1.82, 2.24) is 19.4 Å². The minimum atomic E-state index is -0.879. The molecule has 0 spiro atoms. The first kappa shape index (κ1) is 22.1. The van der Waals surface area contributed by atoms with E-state index in [-0.39, 0.29) is 6.04 Å². The molecular formula is C27H29N5O2. The maximum absolute atomic E-state index is 11.1. The Balaban J connectivity index is 1.35. The van der Waals surface area contributed by atoms with E-state index in [4.69, 9.17) is 10.8 Å². The number of carbonyl (C=O) groups is 1. The quantitative estimate of drug-likeness (QED) is 0.446. The molecule has 174 valence electrons. The number of hydrogen-bond acceptors (Lipinski definition) is 5. The molecule has 1 unspecified atom stereocenters. The number of fused-ring (bicyclic) bond motifs is 1. The van der Waals surface area contributed by atoms with Crippen LogP contribution in [-0.2, 0) is 7.05 Å². The molecule has 0 radical (unpaired) electrons. The number of nitrogen functional groups attached to an aromatic ring is 1. The van der Waals surface area contributed by atoms with Gasteiger partial charge < -0.3 is 15.4 Å². The zero-order valence-corrected chi connectivity index (χ0v) is 19.5. The van der Waals surface area contributed by atoms with Crippen LogP contribution >= 0.6 is 0 Å². The predicted molar refractivity (Wildman–Crippen MR) is 134 cm³/mol. The SMILES string of the molecule is CC(c1cc2c(-c3ccc(N)nc3)ccnc2n1C)N1CCC(c2ccc(C(=O)O)cc2)CC1. The zero-order valence-electron chi connectivity index (χ0n) is 19.5. The number of carboxylic acids is 1. The molecule has 7 heteroatoms. The summed E-state index contributed by atoms with van der Waals surface area (Å²) in [5.41, 5.74) is 11.7. The molecule has 0 aliphatic carbocycles. The topological polar surface area (TPSA) is 97.3 Å². The molecule has 3 N–H and O–H groups in total. The second-order valence-corrected chi connectivity index (χ2v) is 9.11. The van der Waals surface area contributed by atoms with Gasteiger partial charge in [0.15, 0.2) is 0 Å². The van der Waals surface area contributed by atoms with Crippen molar-refractivity contribution in [3.05, 3.63) is 77.7 Å². The average molecular weight is 456 g/mol. The fourth-order valence-electron chi connectivity index (χ4n) is 5.16. The van der Waals surface area contributed by atoms with Crippen LogP contribution in [0.4, 0.5) is 5.82 Å². The third-order valence-corrected chi connectivity index (χ3v) is 7.20. The van der Waals surface area contributed by atoms with Crippen LogP contribution < -0.4 is 5.73 Å². The van der Waals surface area contributed by atoms with Crippen molar-refractivity contribution in [2.75, 3.05) is 18.8 Å². The number of aromatic nitrogens is 3. The molecule has 4 aromatic rings. The second-order valence-electron chi connectivity index (χ2n) is 9.11. The van der Waals surface area contributed by atoms with E-state index in [2.05, 4.69) is 39.5 Å². The Morgan fingerprint density at radius 3 is 2.47 bits per heavy atom. The lowest BCUT2D eigenvalue weighted by Crippen LogP contribution is -2.35. The smallest absolute Gasteiger partial charge is 0.335 e. The van der Waals surface area contributed by atoms with Crippen LogP contribution in [0.1, 0.15) is 53.3 Å². The van der Waals surface area contributed by atoms with Crippen LogP contribution in [0, 0.1) is 0 Å². The van der Waals surface area contributed by atoms with Crippen molar-refractivity contribution in [2.45, 2.75) is 31.7 Å². The first-order valence-corrected chi connectivity index (χ1v) is 11.7. The summed E-state index contributed by atoms with van der Waals surface area (Å²) in [7, 11) is 2.09. The van der Waals surface area contributed by atoms with Crippen molar-refractivity contribution in [2.24, 2.45) is 7.05 Å². The summed E-state index contributed by atoms with van der Waals surface area (Å²) < 4.78 is 2.20. The number of hydrogen-bond donors (Lipinski definition) is 2. The maximum Gasteiger partial charge on any atom is 0.335 e. The van der Waals surface area contributed by atoms with Crippen LogP contribution in [-0.4, -0.2) is 43.6 Å². The van der Waals surface area contributed by atoms with Crippen molar-refractivity contribution in [3.8, 4) is 11.1 Å². The Morgan fingerprint density at radius 1 is 1.09 bits per heavy atom. The minimum absolute atomic E-state index is 0.256. The van der Waals surface area contributed by atoms with E-state index >= 15 is 0 Å². The number of likely N-dealkylation sites (tertiary alicyclic amines) is 1. The standard InChI is InChI=1S/C27H29N5O2/c1-17(32-13-10-19(11-14-32)18-3-5-20(6-4-18)27(33)34)24-15-23-22(9-12-29-26(23)31(24)2)21-7-8-25(28)30-16-21/h3-9,12,15-17,19H,10-11,13-14H2,1-2H3,(H2,28,30)(H,33,34). The Morgan fingerprint density at radius 2 is 1.82 bits per heavy atom. The van der Waals surface area contributed by atoms with Gasteiger partial charge in [-0.3, -0.25) is 4.90 Å². The van der Waals surface area contributed by atoms with Crippen LogP contribution in [0.5, 0.6) is 0 Å². The number of nitrogens with two attached hydrogens (primary N) is 1. The lowest BCUT2D eigenvalue weighted by molar-refractivity contribution is 0.0697. The first-order valence-electron chi connectivity index (χ1n) is 11.7. The van der Waals surface area contributed by atoms with Gasteiger partial charge in [0.05, 0.1) is 5.56 Å². The molecule has 34 heavy (non-hydrogen) atoms. The molecule has 5 rings (SSSR count). The maximum atomic E-state index is 11.1. The largest absolute Gasteiger partial charge is 0.478 e. The van der Waals surface area contributed by atoms with Gasteiger partial charge in [-0.2, -0.15) is 0 Å². The van der Waals surface area contributed by atoms with E-state index in [1.54, 1.807) is 12.1 Å². The highest BCUT2D eigenvalue weighted by Crippen LogP contribution is 2.36. The van der Waals surface area contributed by atoms with E-state index in [0.717, 1.165) is 48.1 Å². The van der Waals surface area contributed by atoms with Gasteiger partial charge in [0, 0.05) is 42.1 Å². The summed E-state index contributed by atoms with van der Waals surface area (Å²) in [5.74, 6) is 0.0955. The van der Waals surface area contributed by atoms with Crippen molar-refractivity contribution in [1.29, 1.82) is 0 Å². The monoisotopic (exact) mass is 455 g/mol. The van der Waals surface area contributed by atoms with Gasteiger partial charge in [0.25, 0.3) is 0 Å². The van der Waals surface area contributed by atoms with E-state index in [9.17, 15) is 4.79 Å². The lowest BCUT2D eigenvalue weighted by Gasteiger charge is -2.36. The summed E-state index contributed by atoms with van der Waals surface area (Å²) in [5, 5.41) is 10.3. The Bertz CT molecular complexity index is 1320. The number of pyridine rings is 2. The van der Waals surface area contributed by atoms with E-state index < -0.39 is 5.97 Å². The van der Waals surface area contributed by atoms with Crippen LogP contribution in [0.25, 0.3) is 22.2 Å². The number of aromatic carboxylic acids is 1. The summed E-state index contributed by atoms with van der Waals surface area (Å²) in [6, 6.07) is 15.7. The summed E-state index contributed by atoms with van der Waals surface area (Å²) >= 11 is 0. The molecule has 1 aromatic carbocycles. The van der Waals surface area contributed by atoms with Gasteiger partial charge in [-0.15, -0.1) is 0 Å². The Kier molecular flexibility index (Phi) is 5.79. The summed E-state index contributed by atoms with van der Waals surface area (Å²) in [4.78, 5) is 22.6. The Labute approximate surface area is 198 Å². The number of rotatable bonds is 5. The van der Waals surface area contributed by atoms with Gasteiger partial charge in [-0.25, -0.2) is 14.8 Å². The number of anilines is 1. The molecule has 7 nitrogen and oxygen atoms in total. The molecule has 0 bridgehead atoms. The normalized spacial score (nSPS) is 16.1. The molecule has 1 aliphatic heterocycles. The molecule has 1 saturated heterocycles. The van der Waals surface area contributed by atoms with E-state index in [1.165, 1.54) is 11.3 Å². The van der Waals surface area contributed by atoms with E-state index in [0.29, 0.717) is 17.3 Å². The third-order valence-electron chi connectivity index (χ3n) is 7.20. The fourth-order valence-corrected chi connectivity index (χ4v) is 5.16. The molecule has 3 aromatic heterocycles. The highest BCUT2D eigenvalue weighted by atomic mass is 16.4. The first-order chi connectivity index (χ1) is 16.4. The number of carboxylic acid groups (broad SMARTS) is 1. The summed E-state index contributed by atoms with van der Waals surface area (Å²) in [6.07, 6.45) is 5.78. The number of piperidine rings is 1. The lowest BCUT2D eigenvalue weighted by atomic mass is 9.88. The molecule has 0 amide bonds. The molecule has 1 atom stereocenters. The van der Waals surface area contributed by atoms with Crippen molar-refractivity contribution in [3.63, 3.8) is 0 Å². The molecule has 1 fully saturated rings. The zero-order chi connectivity index (χ0) is 23.8. The van der Waals surface area contributed by atoms with Gasteiger partial charge >= 0.3 is 5.97 Å². The van der Waals surface area contributed by atoms with Crippen LogP contribution in [0.3, 0.4) is 0 Å². The number of nitrogens with zero attached hydrogens (tertiary/aromatic N) is 4. The average Bonchev–Trinajstić information content (AvgIpc) is 3.21.